The van der Waals surface area contributed by atoms with Gasteiger partial charge >= 0.3 is 0 Å². The van der Waals surface area contributed by atoms with Crippen LogP contribution in [0.1, 0.15) is 0 Å². The zero-order valence-corrected chi connectivity index (χ0v) is 31.0. The van der Waals surface area contributed by atoms with Crippen LogP contribution in [0.4, 0.5) is 0 Å². The van der Waals surface area contributed by atoms with Crippen LogP contribution in [0.2, 0.25) is 0 Å². The van der Waals surface area contributed by atoms with Crippen molar-refractivity contribution >= 4 is 65.4 Å². The molecule has 266 valence electrons. The predicted molar refractivity (Wildman–Crippen MR) is 240 cm³/mol. The number of fused-ring (bicyclic) bond motifs is 10. The number of aromatic nitrogens is 3. The van der Waals surface area contributed by atoms with E-state index in [0.29, 0.717) is 0 Å². The van der Waals surface area contributed by atoms with E-state index >= 15 is 0 Å². The molecule has 12 rings (SSSR count). The average Bonchev–Trinajstić information content (AvgIpc) is 3.92. The van der Waals surface area contributed by atoms with E-state index in [1.807, 2.05) is 0 Å². The van der Waals surface area contributed by atoms with Gasteiger partial charge in [-0.1, -0.05) is 152 Å². The summed E-state index contributed by atoms with van der Waals surface area (Å²) < 4.78 is 7.35. The summed E-state index contributed by atoms with van der Waals surface area (Å²) >= 11 is 0. The molecule has 0 aliphatic carbocycles. The second-order valence-electron chi connectivity index (χ2n) is 14.9. The zero-order valence-electron chi connectivity index (χ0n) is 31.0. The van der Waals surface area contributed by atoms with Crippen LogP contribution in [0.15, 0.2) is 212 Å². The molecule has 3 heterocycles. The van der Waals surface area contributed by atoms with Crippen LogP contribution in [0, 0.1) is 0 Å². The quantitative estimate of drug-likeness (QED) is 0.168. The molecule has 3 aromatic heterocycles. The first kappa shape index (κ1) is 31.7. The van der Waals surface area contributed by atoms with E-state index in [1.165, 1.54) is 93.4 Å². The summed E-state index contributed by atoms with van der Waals surface area (Å²) in [6.07, 6.45) is 0. The fourth-order valence-electron chi connectivity index (χ4n) is 9.47. The molecule has 9 aromatic carbocycles. The zero-order chi connectivity index (χ0) is 37.5. The average molecular weight is 726 g/mol. The molecule has 0 aliphatic rings. The number of rotatable bonds is 5. The van der Waals surface area contributed by atoms with Gasteiger partial charge in [-0.25, -0.2) is 0 Å². The maximum atomic E-state index is 2.49. The van der Waals surface area contributed by atoms with Crippen LogP contribution < -0.4 is 0 Å². The van der Waals surface area contributed by atoms with E-state index in [2.05, 4.69) is 226 Å². The van der Waals surface area contributed by atoms with Crippen molar-refractivity contribution in [2.75, 3.05) is 0 Å². The lowest BCUT2D eigenvalue weighted by Crippen LogP contribution is -1.98. The smallest absolute Gasteiger partial charge is 0.0549 e. The third-order valence-corrected chi connectivity index (χ3v) is 11.8. The van der Waals surface area contributed by atoms with Gasteiger partial charge in [0.05, 0.1) is 44.5 Å². The van der Waals surface area contributed by atoms with Crippen LogP contribution in [-0.2, 0) is 0 Å². The first-order chi connectivity index (χ1) is 28.3. The molecular weight excluding hydrogens is 691 g/mol. The standard InChI is InChI=1S/C54H35N3/c1-3-17-36(18-4-1)39-21-7-12-26-45(39)56-48-29-15-10-24-43(48)53-50(56)33-34-51-54(53)44-25-11-16-30-49(44)57(51)46-27-13-8-22-40(46)37-31-32-42-41-23-9-14-28-47(41)55(52(42)35-37)38-19-5-2-6-20-38/h1-35H. The van der Waals surface area contributed by atoms with Gasteiger partial charge < -0.3 is 13.7 Å². The fraction of sp³-hybridized carbons (Fsp3) is 0. The van der Waals surface area contributed by atoms with Crippen LogP contribution in [0.25, 0.3) is 105 Å². The number of nitrogens with zero attached hydrogens (tertiary/aromatic N) is 3. The van der Waals surface area contributed by atoms with Crippen molar-refractivity contribution in [3.63, 3.8) is 0 Å². The first-order valence-corrected chi connectivity index (χ1v) is 19.6. The van der Waals surface area contributed by atoms with Gasteiger partial charge in [0.1, 0.15) is 0 Å². The van der Waals surface area contributed by atoms with E-state index in [4.69, 9.17) is 0 Å². The van der Waals surface area contributed by atoms with Gasteiger partial charge in [-0.3, -0.25) is 0 Å². The molecule has 0 amide bonds. The highest BCUT2D eigenvalue weighted by Crippen LogP contribution is 2.45. The Hall–Kier alpha value is -7.62. The molecule has 3 heteroatoms. The van der Waals surface area contributed by atoms with Gasteiger partial charge in [0.2, 0.25) is 0 Å². The summed E-state index contributed by atoms with van der Waals surface area (Å²) in [5.74, 6) is 0. The first-order valence-electron chi connectivity index (χ1n) is 19.6. The van der Waals surface area contributed by atoms with E-state index in [1.54, 1.807) is 0 Å². The summed E-state index contributed by atoms with van der Waals surface area (Å²) in [6.45, 7) is 0. The molecule has 57 heavy (non-hydrogen) atoms. The Labute approximate surface area is 329 Å². The highest BCUT2D eigenvalue weighted by atomic mass is 15.0. The molecule has 0 aliphatic heterocycles. The molecule has 0 fully saturated rings. The summed E-state index contributed by atoms with van der Waals surface area (Å²) in [4.78, 5) is 0. The van der Waals surface area contributed by atoms with Crippen molar-refractivity contribution in [2.24, 2.45) is 0 Å². The summed E-state index contributed by atoms with van der Waals surface area (Å²) in [7, 11) is 0. The highest BCUT2D eigenvalue weighted by Gasteiger charge is 2.23. The Morgan fingerprint density at radius 2 is 0.684 bits per heavy atom. The summed E-state index contributed by atoms with van der Waals surface area (Å²) in [6, 6.07) is 77.3. The lowest BCUT2D eigenvalue weighted by molar-refractivity contribution is 1.17. The van der Waals surface area contributed by atoms with Crippen LogP contribution in [-0.4, -0.2) is 13.7 Å². The predicted octanol–water partition coefficient (Wildman–Crippen LogP) is 14.3. The van der Waals surface area contributed by atoms with Crippen molar-refractivity contribution < 1.29 is 0 Å². The molecule has 0 spiro atoms. The lowest BCUT2D eigenvalue weighted by atomic mass is 10.0. The monoisotopic (exact) mass is 725 g/mol. The van der Waals surface area contributed by atoms with Crippen LogP contribution >= 0.6 is 0 Å². The van der Waals surface area contributed by atoms with Crippen molar-refractivity contribution in [3.8, 4) is 39.3 Å². The van der Waals surface area contributed by atoms with E-state index in [-0.39, 0.29) is 0 Å². The number of hydrogen-bond donors (Lipinski definition) is 0. The van der Waals surface area contributed by atoms with Crippen molar-refractivity contribution in [2.45, 2.75) is 0 Å². The van der Waals surface area contributed by atoms with Gasteiger partial charge in [0.25, 0.3) is 0 Å². The highest BCUT2D eigenvalue weighted by molar-refractivity contribution is 6.29. The minimum atomic E-state index is 1.16. The van der Waals surface area contributed by atoms with Gasteiger partial charge in [0.15, 0.2) is 0 Å². The molecule has 0 radical (unpaired) electrons. The second kappa shape index (κ2) is 12.5. The Balaban J connectivity index is 1.14. The molecule has 0 unspecified atom stereocenters. The van der Waals surface area contributed by atoms with E-state index in [0.717, 1.165) is 11.4 Å². The summed E-state index contributed by atoms with van der Waals surface area (Å²) in [5.41, 5.74) is 15.4. The van der Waals surface area contributed by atoms with Gasteiger partial charge in [-0.15, -0.1) is 0 Å². The normalized spacial score (nSPS) is 11.9. The third kappa shape index (κ3) is 4.66. The minimum absolute atomic E-state index is 1.16. The van der Waals surface area contributed by atoms with E-state index < -0.39 is 0 Å². The van der Waals surface area contributed by atoms with Crippen LogP contribution in [0.5, 0.6) is 0 Å². The van der Waals surface area contributed by atoms with Crippen molar-refractivity contribution in [3.05, 3.63) is 212 Å². The largest absolute Gasteiger partial charge is 0.309 e. The fourth-order valence-corrected chi connectivity index (χ4v) is 9.47. The molecule has 0 saturated heterocycles. The Kier molecular flexibility index (Phi) is 6.93. The van der Waals surface area contributed by atoms with Crippen molar-refractivity contribution in [1.82, 2.24) is 13.7 Å². The molecule has 0 N–H and O–H groups in total. The number of hydrogen-bond acceptors (Lipinski definition) is 0. The SMILES string of the molecule is c1ccc(-c2ccccc2-n2c3ccccc3c3c4c5ccccc5n(-c5ccccc5-c5ccc6c7ccccc7n(-c7ccccc7)c6c5)c4ccc32)cc1. The Morgan fingerprint density at radius 3 is 1.28 bits per heavy atom. The van der Waals surface area contributed by atoms with Gasteiger partial charge in [-0.2, -0.15) is 0 Å². The van der Waals surface area contributed by atoms with Crippen molar-refractivity contribution in [1.29, 1.82) is 0 Å². The summed E-state index contributed by atoms with van der Waals surface area (Å²) in [5, 5.41) is 7.54. The second-order valence-corrected chi connectivity index (χ2v) is 14.9. The molecular formula is C54H35N3. The topological polar surface area (TPSA) is 14.8 Å². The van der Waals surface area contributed by atoms with Crippen LogP contribution in [0.3, 0.4) is 0 Å². The lowest BCUT2D eigenvalue weighted by Gasteiger charge is -2.15. The molecule has 0 atom stereocenters. The molecule has 0 saturated carbocycles. The minimum Gasteiger partial charge on any atom is -0.309 e. The van der Waals surface area contributed by atoms with Gasteiger partial charge in [-0.05, 0) is 71.8 Å². The maximum Gasteiger partial charge on any atom is 0.0549 e. The molecule has 3 nitrogen and oxygen atoms in total. The van der Waals surface area contributed by atoms with E-state index in [9.17, 15) is 0 Å². The third-order valence-electron chi connectivity index (χ3n) is 11.8. The number of para-hydroxylation sites is 6. The maximum absolute atomic E-state index is 2.49. The number of benzene rings is 9. The van der Waals surface area contributed by atoms with Gasteiger partial charge in [0, 0.05) is 49.1 Å². The molecule has 0 bridgehead atoms. The Bertz CT molecular complexity index is 3510. The molecule has 12 aromatic rings. The Morgan fingerprint density at radius 1 is 0.246 bits per heavy atom.